The van der Waals surface area contributed by atoms with Gasteiger partial charge in [-0.1, -0.05) is 20.3 Å². The molecule has 1 amide bonds. The van der Waals surface area contributed by atoms with Crippen molar-refractivity contribution < 1.29 is 9.53 Å². The first-order valence-electron chi connectivity index (χ1n) is 6.63. The molecule has 2 unspecified atom stereocenters. The van der Waals surface area contributed by atoms with Gasteiger partial charge >= 0.3 is 0 Å². The number of nitrogens with one attached hydrogen (secondary N) is 2. The largest absolute Gasteiger partial charge is 0.379 e. The van der Waals surface area contributed by atoms with Crippen molar-refractivity contribution in [1.29, 1.82) is 0 Å². The van der Waals surface area contributed by atoms with E-state index in [1.807, 2.05) is 6.92 Å². The van der Waals surface area contributed by atoms with E-state index in [4.69, 9.17) is 4.74 Å². The number of likely N-dealkylation sites (N-methyl/N-ethyl adjacent to an activating group) is 1. The second-order valence-electron chi connectivity index (χ2n) is 5.43. The van der Waals surface area contributed by atoms with Crippen LogP contribution in [0.4, 0.5) is 0 Å². The molecule has 0 aromatic heterocycles. The Kier molecular flexibility index (Phi) is 5.40. The van der Waals surface area contributed by atoms with Crippen molar-refractivity contribution in [2.45, 2.75) is 52.1 Å². The molecule has 1 aliphatic heterocycles. The van der Waals surface area contributed by atoms with Crippen molar-refractivity contribution in [3.63, 3.8) is 0 Å². The maximum atomic E-state index is 12.2. The zero-order valence-electron chi connectivity index (χ0n) is 11.5. The zero-order valence-corrected chi connectivity index (χ0v) is 11.5. The van der Waals surface area contributed by atoms with Crippen molar-refractivity contribution in [2.24, 2.45) is 5.92 Å². The molecule has 2 atom stereocenters. The van der Waals surface area contributed by atoms with E-state index < -0.39 is 0 Å². The van der Waals surface area contributed by atoms with Crippen molar-refractivity contribution in [2.75, 3.05) is 19.8 Å². The first-order chi connectivity index (χ1) is 8.00. The fraction of sp³-hybridized carbons (Fsp3) is 0.923. The highest BCUT2D eigenvalue weighted by Gasteiger charge is 2.35. The van der Waals surface area contributed by atoms with Crippen molar-refractivity contribution in [1.82, 2.24) is 10.6 Å². The van der Waals surface area contributed by atoms with Crippen LogP contribution in [-0.4, -0.2) is 37.2 Å². The summed E-state index contributed by atoms with van der Waals surface area (Å²) >= 11 is 0. The lowest BCUT2D eigenvalue weighted by Gasteiger charge is -2.28. The second kappa shape index (κ2) is 6.36. The standard InChI is InChI=1S/C13H26N2O2/c1-5-7-13(3,4)15-12(16)10-8-17-9-11(10)14-6-2/h10-11,14H,5-9H2,1-4H3,(H,15,16). The average molecular weight is 242 g/mol. The molecule has 0 bridgehead atoms. The summed E-state index contributed by atoms with van der Waals surface area (Å²) in [6, 6.07) is 0.164. The van der Waals surface area contributed by atoms with Gasteiger partial charge in [-0.25, -0.2) is 0 Å². The Morgan fingerprint density at radius 1 is 1.35 bits per heavy atom. The fourth-order valence-corrected chi connectivity index (χ4v) is 2.39. The summed E-state index contributed by atoms with van der Waals surface area (Å²) in [5.41, 5.74) is -0.120. The molecule has 4 nitrogen and oxygen atoms in total. The van der Waals surface area contributed by atoms with Crippen molar-refractivity contribution in [3.05, 3.63) is 0 Å². The molecule has 0 aliphatic carbocycles. The van der Waals surface area contributed by atoms with Gasteiger partial charge in [0.05, 0.1) is 19.1 Å². The summed E-state index contributed by atoms with van der Waals surface area (Å²) in [6.45, 7) is 10.4. The first-order valence-corrected chi connectivity index (χ1v) is 6.63. The highest BCUT2D eigenvalue weighted by atomic mass is 16.5. The number of hydrogen-bond donors (Lipinski definition) is 2. The van der Waals surface area contributed by atoms with E-state index in [2.05, 4.69) is 31.4 Å². The van der Waals surface area contributed by atoms with Crippen molar-refractivity contribution >= 4 is 5.91 Å². The molecule has 0 spiro atoms. The van der Waals surface area contributed by atoms with Gasteiger partial charge in [-0.3, -0.25) is 4.79 Å². The van der Waals surface area contributed by atoms with E-state index in [0.29, 0.717) is 13.2 Å². The van der Waals surface area contributed by atoms with Crippen LogP contribution >= 0.6 is 0 Å². The third-order valence-corrected chi connectivity index (χ3v) is 3.22. The molecule has 1 saturated heterocycles. The maximum absolute atomic E-state index is 12.2. The molecule has 100 valence electrons. The van der Waals surface area contributed by atoms with Crippen LogP contribution in [0.25, 0.3) is 0 Å². The lowest BCUT2D eigenvalue weighted by molar-refractivity contribution is -0.127. The van der Waals surface area contributed by atoms with Gasteiger partial charge in [0.1, 0.15) is 0 Å². The summed E-state index contributed by atoms with van der Waals surface area (Å²) in [5.74, 6) is 0.0676. The molecule has 0 aromatic rings. The van der Waals surface area contributed by atoms with Crippen LogP contribution < -0.4 is 10.6 Å². The number of carbonyl (C=O) groups excluding carboxylic acids is 1. The van der Waals surface area contributed by atoms with Gasteiger partial charge in [-0.05, 0) is 26.8 Å². The molecule has 0 saturated carbocycles. The van der Waals surface area contributed by atoms with Gasteiger partial charge in [-0.15, -0.1) is 0 Å². The SMILES string of the molecule is CCCC(C)(C)NC(=O)C1COCC1NCC. The highest BCUT2D eigenvalue weighted by Crippen LogP contribution is 2.17. The molecule has 0 radical (unpaired) electrons. The van der Waals surface area contributed by atoms with Crippen LogP contribution in [0.2, 0.25) is 0 Å². The van der Waals surface area contributed by atoms with Gasteiger partial charge in [0.2, 0.25) is 5.91 Å². The lowest BCUT2D eigenvalue weighted by Crippen LogP contribution is -2.50. The minimum atomic E-state index is -0.120. The number of ether oxygens (including phenoxy) is 1. The predicted octanol–water partition coefficient (Wildman–Crippen LogP) is 1.31. The van der Waals surface area contributed by atoms with E-state index in [1.165, 1.54) is 0 Å². The molecule has 4 heteroatoms. The summed E-state index contributed by atoms with van der Waals surface area (Å²) in [7, 11) is 0. The summed E-state index contributed by atoms with van der Waals surface area (Å²) in [4.78, 5) is 12.2. The van der Waals surface area contributed by atoms with Crippen LogP contribution in [0.15, 0.2) is 0 Å². The number of hydrogen-bond acceptors (Lipinski definition) is 3. The lowest BCUT2D eigenvalue weighted by atomic mass is 9.96. The molecule has 17 heavy (non-hydrogen) atoms. The summed E-state index contributed by atoms with van der Waals surface area (Å²) in [5, 5.41) is 6.44. The molecule has 1 aliphatic rings. The Balaban J connectivity index is 2.51. The minimum absolute atomic E-state index is 0.0499. The number of amides is 1. The molecule has 1 fully saturated rings. The zero-order chi connectivity index (χ0) is 12.9. The van der Waals surface area contributed by atoms with Crippen LogP contribution in [0.3, 0.4) is 0 Å². The Labute approximate surface area is 104 Å². The Bertz CT molecular complexity index is 254. The maximum Gasteiger partial charge on any atom is 0.227 e. The molecule has 1 heterocycles. The van der Waals surface area contributed by atoms with E-state index >= 15 is 0 Å². The third kappa shape index (κ3) is 4.28. The topological polar surface area (TPSA) is 50.4 Å². The van der Waals surface area contributed by atoms with Gasteiger partial charge in [0.25, 0.3) is 0 Å². The van der Waals surface area contributed by atoms with Crippen LogP contribution in [0, 0.1) is 5.92 Å². The summed E-state index contributed by atoms with van der Waals surface area (Å²) in [6.07, 6.45) is 2.07. The van der Waals surface area contributed by atoms with E-state index in [-0.39, 0.29) is 23.4 Å². The third-order valence-electron chi connectivity index (χ3n) is 3.22. The van der Waals surface area contributed by atoms with Gasteiger partial charge < -0.3 is 15.4 Å². The monoisotopic (exact) mass is 242 g/mol. The first kappa shape index (κ1) is 14.5. The highest BCUT2D eigenvalue weighted by molar-refractivity contribution is 5.80. The van der Waals surface area contributed by atoms with E-state index in [1.54, 1.807) is 0 Å². The molecule has 1 rings (SSSR count). The average Bonchev–Trinajstić information content (AvgIpc) is 2.65. The van der Waals surface area contributed by atoms with Gasteiger partial charge in [-0.2, -0.15) is 0 Å². The fourth-order valence-electron chi connectivity index (χ4n) is 2.39. The smallest absolute Gasteiger partial charge is 0.227 e. The molecule has 0 aromatic carbocycles. The second-order valence-corrected chi connectivity index (χ2v) is 5.43. The molecular weight excluding hydrogens is 216 g/mol. The predicted molar refractivity (Wildman–Crippen MR) is 68.9 cm³/mol. The van der Waals surface area contributed by atoms with Crippen LogP contribution in [0.5, 0.6) is 0 Å². The van der Waals surface area contributed by atoms with E-state index in [0.717, 1.165) is 19.4 Å². The van der Waals surface area contributed by atoms with Crippen LogP contribution in [0.1, 0.15) is 40.5 Å². The molecule has 2 N–H and O–H groups in total. The molecular formula is C13H26N2O2. The normalized spacial score (nSPS) is 24.9. The van der Waals surface area contributed by atoms with Crippen LogP contribution in [-0.2, 0) is 9.53 Å². The quantitative estimate of drug-likeness (QED) is 0.738. The van der Waals surface area contributed by atoms with Gasteiger partial charge in [0, 0.05) is 11.6 Å². The minimum Gasteiger partial charge on any atom is -0.379 e. The summed E-state index contributed by atoms with van der Waals surface area (Å²) < 4.78 is 5.39. The Hall–Kier alpha value is -0.610. The Morgan fingerprint density at radius 3 is 2.65 bits per heavy atom. The Morgan fingerprint density at radius 2 is 2.06 bits per heavy atom. The van der Waals surface area contributed by atoms with Crippen molar-refractivity contribution in [3.8, 4) is 0 Å². The van der Waals surface area contributed by atoms with E-state index in [9.17, 15) is 4.79 Å². The van der Waals surface area contributed by atoms with Gasteiger partial charge in [0.15, 0.2) is 0 Å². The number of rotatable bonds is 6. The number of carbonyl (C=O) groups is 1.